The summed E-state index contributed by atoms with van der Waals surface area (Å²) in [6.45, 7) is 7.86. The van der Waals surface area contributed by atoms with E-state index in [1.807, 2.05) is 27.7 Å². The molecule has 0 aliphatic carbocycles. The van der Waals surface area contributed by atoms with Gasteiger partial charge in [-0.05, 0) is 52.0 Å². The van der Waals surface area contributed by atoms with Gasteiger partial charge in [0.1, 0.15) is 0 Å². The molecular formula is C19H20N4O3. The molecule has 1 aliphatic rings. The predicted octanol–water partition coefficient (Wildman–Crippen LogP) is 2.54. The molecule has 0 spiro atoms. The van der Waals surface area contributed by atoms with Crippen LogP contribution in [0.1, 0.15) is 58.8 Å². The molecule has 0 unspecified atom stereocenters. The number of fused-ring (bicyclic) bond motifs is 1. The van der Waals surface area contributed by atoms with Gasteiger partial charge in [-0.15, -0.1) is 0 Å². The minimum absolute atomic E-state index is 0.0680. The zero-order chi connectivity index (χ0) is 19.0. The quantitative estimate of drug-likeness (QED) is 0.790. The highest BCUT2D eigenvalue weighted by atomic mass is 16.2. The second kappa shape index (κ2) is 6.67. The number of nitrogens with zero attached hydrogens (tertiary/aromatic N) is 4. The van der Waals surface area contributed by atoms with Gasteiger partial charge in [-0.3, -0.25) is 14.4 Å². The van der Waals surface area contributed by atoms with Crippen molar-refractivity contribution in [3.63, 3.8) is 0 Å². The molecule has 3 rings (SSSR count). The summed E-state index contributed by atoms with van der Waals surface area (Å²) in [7, 11) is 0. The maximum atomic E-state index is 12.7. The molecule has 1 aromatic heterocycles. The Bertz CT molecular complexity index is 832. The predicted molar refractivity (Wildman–Crippen MR) is 96.1 cm³/mol. The number of carbonyl (C=O) groups is 3. The van der Waals surface area contributed by atoms with Crippen LogP contribution >= 0.6 is 0 Å². The lowest BCUT2D eigenvalue weighted by atomic mass is 10.1. The maximum absolute atomic E-state index is 12.7. The van der Waals surface area contributed by atoms with E-state index in [1.165, 1.54) is 12.4 Å². The number of hydrogen-bond acceptors (Lipinski definition) is 5. The van der Waals surface area contributed by atoms with Crippen molar-refractivity contribution in [3.05, 3.63) is 53.3 Å². The molecule has 1 aromatic carbocycles. The molecule has 26 heavy (non-hydrogen) atoms. The number of anilines is 1. The summed E-state index contributed by atoms with van der Waals surface area (Å²) in [5.74, 6) is -0.966. The first-order valence-corrected chi connectivity index (χ1v) is 8.45. The van der Waals surface area contributed by atoms with Crippen LogP contribution in [0.5, 0.6) is 0 Å². The van der Waals surface area contributed by atoms with Crippen LogP contribution in [0, 0.1) is 0 Å². The van der Waals surface area contributed by atoms with Gasteiger partial charge in [0.2, 0.25) is 0 Å². The molecular weight excluding hydrogens is 332 g/mol. The first-order chi connectivity index (χ1) is 12.3. The lowest BCUT2D eigenvalue weighted by Crippen LogP contribution is -2.42. The third kappa shape index (κ3) is 2.85. The SMILES string of the molecule is CC(C)N(C(=O)c1ccc(N2C(=O)c3cnncc3C2=O)cc1)C(C)C. The minimum atomic E-state index is -0.440. The van der Waals surface area contributed by atoms with Crippen molar-refractivity contribution in [1.29, 1.82) is 0 Å². The highest BCUT2D eigenvalue weighted by molar-refractivity contribution is 6.34. The van der Waals surface area contributed by atoms with Gasteiger partial charge < -0.3 is 4.90 Å². The molecule has 3 amide bonds. The number of carbonyl (C=O) groups excluding carboxylic acids is 3. The van der Waals surface area contributed by atoms with Gasteiger partial charge in [0.05, 0.1) is 29.2 Å². The van der Waals surface area contributed by atoms with Crippen molar-refractivity contribution in [2.45, 2.75) is 39.8 Å². The van der Waals surface area contributed by atoms with Gasteiger partial charge in [-0.25, -0.2) is 4.90 Å². The number of amides is 3. The molecule has 1 aliphatic heterocycles. The van der Waals surface area contributed by atoms with Crippen molar-refractivity contribution < 1.29 is 14.4 Å². The molecule has 0 radical (unpaired) electrons. The van der Waals surface area contributed by atoms with Gasteiger partial charge >= 0.3 is 0 Å². The summed E-state index contributed by atoms with van der Waals surface area (Å²) in [5.41, 5.74) is 1.39. The van der Waals surface area contributed by atoms with Crippen LogP contribution in [-0.2, 0) is 0 Å². The normalized spacial score (nSPS) is 13.5. The lowest BCUT2D eigenvalue weighted by Gasteiger charge is -2.31. The standard InChI is InChI=1S/C19H20N4O3/c1-11(2)22(12(3)4)17(24)13-5-7-14(8-6-13)23-18(25)15-9-20-21-10-16(15)19(23)26/h5-12H,1-4H3. The molecule has 2 heterocycles. The summed E-state index contributed by atoms with van der Waals surface area (Å²) in [6, 6.07) is 6.62. The van der Waals surface area contributed by atoms with E-state index in [0.717, 1.165) is 4.90 Å². The van der Waals surface area contributed by atoms with Crippen molar-refractivity contribution in [3.8, 4) is 0 Å². The highest BCUT2D eigenvalue weighted by Gasteiger charge is 2.37. The van der Waals surface area contributed by atoms with E-state index in [0.29, 0.717) is 11.3 Å². The van der Waals surface area contributed by atoms with Crippen molar-refractivity contribution in [2.75, 3.05) is 4.90 Å². The molecule has 7 heteroatoms. The zero-order valence-corrected chi connectivity index (χ0v) is 15.1. The smallest absolute Gasteiger partial charge is 0.267 e. The zero-order valence-electron chi connectivity index (χ0n) is 15.1. The van der Waals surface area contributed by atoms with Crippen LogP contribution in [0.15, 0.2) is 36.7 Å². The van der Waals surface area contributed by atoms with E-state index in [4.69, 9.17) is 0 Å². The molecule has 0 bridgehead atoms. The van der Waals surface area contributed by atoms with E-state index in [-0.39, 0.29) is 29.1 Å². The molecule has 0 saturated carbocycles. The Balaban J connectivity index is 1.88. The number of benzene rings is 1. The Kier molecular flexibility index (Phi) is 4.54. The molecule has 0 atom stereocenters. The van der Waals surface area contributed by atoms with Crippen molar-refractivity contribution >= 4 is 23.4 Å². The minimum Gasteiger partial charge on any atom is -0.334 e. The Morgan fingerprint density at radius 3 is 1.77 bits per heavy atom. The first-order valence-electron chi connectivity index (χ1n) is 8.45. The lowest BCUT2D eigenvalue weighted by molar-refractivity contribution is 0.0643. The van der Waals surface area contributed by atoms with Gasteiger partial charge in [-0.2, -0.15) is 10.2 Å². The average molecular weight is 352 g/mol. The summed E-state index contributed by atoms with van der Waals surface area (Å²) >= 11 is 0. The summed E-state index contributed by atoms with van der Waals surface area (Å²) in [4.78, 5) is 40.5. The Morgan fingerprint density at radius 1 is 0.885 bits per heavy atom. The second-order valence-corrected chi connectivity index (χ2v) is 6.71. The van der Waals surface area contributed by atoms with E-state index in [2.05, 4.69) is 10.2 Å². The molecule has 0 saturated heterocycles. The molecule has 134 valence electrons. The molecule has 0 N–H and O–H groups in total. The average Bonchev–Trinajstić information content (AvgIpc) is 2.86. The topological polar surface area (TPSA) is 83.5 Å². The van der Waals surface area contributed by atoms with E-state index in [1.54, 1.807) is 29.2 Å². The molecule has 7 nitrogen and oxygen atoms in total. The van der Waals surface area contributed by atoms with Crippen LogP contribution in [0.2, 0.25) is 0 Å². The van der Waals surface area contributed by atoms with E-state index < -0.39 is 11.8 Å². The number of rotatable bonds is 4. The Hall–Kier alpha value is -3.09. The summed E-state index contributed by atoms with van der Waals surface area (Å²) in [6.07, 6.45) is 2.58. The highest BCUT2D eigenvalue weighted by Crippen LogP contribution is 2.27. The first kappa shape index (κ1) is 17.7. The maximum Gasteiger partial charge on any atom is 0.267 e. The fraction of sp³-hybridized carbons (Fsp3) is 0.316. The van der Waals surface area contributed by atoms with Crippen LogP contribution in [0.25, 0.3) is 0 Å². The number of imide groups is 1. The summed E-state index contributed by atoms with van der Waals surface area (Å²) in [5, 5.41) is 7.32. The fourth-order valence-electron chi connectivity index (χ4n) is 3.20. The third-order valence-electron chi connectivity index (χ3n) is 4.32. The van der Waals surface area contributed by atoms with Gasteiger partial charge in [-0.1, -0.05) is 0 Å². The second-order valence-electron chi connectivity index (χ2n) is 6.71. The van der Waals surface area contributed by atoms with E-state index in [9.17, 15) is 14.4 Å². The molecule has 2 aromatic rings. The monoisotopic (exact) mass is 352 g/mol. The van der Waals surface area contributed by atoms with Crippen LogP contribution < -0.4 is 4.90 Å². The number of hydrogen-bond donors (Lipinski definition) is 0. The van der Waals surface area contributed by atoms with E-state index >= 15 is 0 Å². The Morgan fingerprint density at radius 2 is 1.35 bits per heavy atom. The van der Waals surface area contributed by atoms with Crippen molar-refractivity contribution in [1.82, 2.24) is 15.1 Å². The third-order valence-corrected chi connectivity index (χ3v) is 4.32. The summed E-state index contributed by atoms with van der Waals surface area (Å²) < 4.78 is 0. The number of aromatic nitrogens is 2. The largest absolute Gasteiger partial charge is 0.334 e. The Labute approximate surface area is 151 Å². The van der Waals surface area contributed by atoms with Crippen LogP contribution in [-0.4, -0.2) is 44.9 Å². The van der Waals surface area contributed by atoms with Gasteiger partial charge in [0, 0.05) is 17.6 Å². The van der Waals surface area contributed by atoms with Crippen LogP contribution in [0.3, 0.4) is 0 Å². The van der Waals surface area contributed by atoms with Gasteiger partial charge in [0.25, 0.3) is 17.7 Å². The van der Waals surface area contributed by atoms with Crippen LogP contribution in [0.4, 0.5) is 5.69 Å². The fourth-order valence-corrected chi connectivity index (χ4v) is 3.20. The van der Waals surface area contributed by atoms with Gasteiger partial charge in [0.15, 0.2) is 0 Å². The molecule has 0 fully saturated rings. The van der Waals surface area contributed by atoms with Crippen molar-refractivity contribution in [2.24, 2.45) is 0 Å².